The van der Waals surface area contributed by atoms with Crippen molar-refractivity contribution >= 4 is 23.9 Å². The first-order valence-electron chi connectivity index (χ1n) is 15.4. The van der Waals surface area contributed by atoms with Crippen LogP contribution in [0.25, 0.3) is 0 Å². The van der Waals surface area contributed by atoms with Gasteiger partial charge in [0.15, 0.2) is 0 Å². The summed E-state index contributed by atoms with van der Waals surface area (Å²) in [6.07, 6.45) is 7.38. The highest BCUT2D eigenvalue weighted by atomic mass is 16.6. The van der Waals surface area contributed by atoms with Gasteiger partial charge in [-0.3, -0.25) is 19.2 Å². The summed E-state index contributed by atoms with van der Waals surface area (Å²) in [7, 11) is 0. The molecule has 0 amide bonds. The van der Waals surface area contributed by atoms with Crippen LogP contribution in [0.5, 0.6) is 0 Å². The van der Waals surface area contributed by atoms with Crippen LogP contribution in [0.3, 0.4) is 0 Å². The number of ether oxygens (including phenoxy) is 4. The van der Waals surface area contributed by atoms with Crippen LogP contribution in [0.4, 0.5) is 0 Å². The highest BCUT2D eigenvalue weighted by molar-refractivity contribution is 5.67. The first-order chi connectivity index (χ1) is 18.8. The lowest BCUT2D eigenvalue weighted by molar-refractivity contribution is -0.224. The van der Waals surface area contributed by atoms with E-state index in [1.165, 1.54) is 27.7 Å². The van der Waals surface area contributed by atoms with Crippen LogP contribution < -0.4 is 0 Å². The van der Waals surface area contributed by atoms with Crippen molar-refractivity contribution in [3.05, 3.63) is 0 Å². The predicted molar refractivity (Wildman–Crippen MR) is 148 cm³/mol. The van der Waals surface area contributed by atoms with Crippen molar-refractivity contribution in [3.63, 3.8) is 0 Å². The maximum Gasteiger partial charge on any atom is 0.302 e. The summed E-state index contributed by atoms with van der Waals surface area (Å²) in [6, 6.07) is 0. The largest absolute Gasteiger partial charge is 0.466 e. The van der Waals surface area contributed by atoms with Gasteiger partial charge in [-0.15, -0.1) is 0 Å². The fourth-order valence-electron chi connectivity index (χ4n) is 9.94. The minimum atomic E-state index is -0.253. The van der Waals surface area contributed by atoms with Crippen molar-refractivity contribution < 1.29 is 38.1 Å². The second kappa shape index (κ2) is 12.0. The molecule has 0 saturated heterocycles. The lowest BCUT2D eigenvalue weighted by Crippen LogP contribution is -2.63. The van der Waals surface area contributed by atoms with Gasteiger partial charge in [-0.2, -0.15) is 0 Å². The molecule has 0 unspecified atom stereocenters. The molecule has 4 aliphatic carbocycles. The van der Waals surface area contributed by atoms with E-state index in [1.807, 2.05) is 0 Å². The Bertz CT molecular complexity index is 978. The third-order valence-electron chi connectivity index (χ3n) is 11.5. The van der Waals surface area contributed by atoms with E-state index in [1.54, 1.807) is 0 Å². The van der Waals surface area contributed by atoms with Crippen LogP contribution in [0.1, 0.15) is 106 Å². The summed E-state index contributed by atoms with van der Waals surface area (Å²) in [5.41, 5.74) is -0.240. The number of hydrogen-bond acceptors (Lipinski definition) is 8. The normalized spacial score (nSPS) is 41.0. The molecule has 0 aliphatic heterocycles. The molecule has 0 aromatic rings. The van der Waals surface area contributed by atoms with E-state index in [4.69, 9.17) is 18.9 Å². The monoisotopic (exact) mass is 562 g/mol. The molecule has 8 heteroatoms. The van der Waals surface area contributed by atoms with Gasteiger partial charge in [0.2, 0.25) is 0 Å². The van der Waals surface area contributed by atoms with Crippen molar-refractivity contribution in [2.45, 2.75) is 125 Å². The second-order valence-electron chi connectivity index (χ2n) is 13.7. The molecular formula is C32H50O8. The Morgan fingerprint density at radius 2 is 1.48 bits per heavy atom. The van der Waals surface area contributed by atoms with Gasteiger partial charge in [0.1, 0.15) is 18.3 Å². The van der Waals surface area contributed by atoms with Crippen LogP contribution in [0.2, 0.25) is 0 Å². The van der Waals surface area contributed by atoms with Gasteiger partial charge in [-0.25, -0.2) is 0 Å². The molecule has 0 bridgehead atoms. The Morgan fingerprint density at radius 1 is 0.800 bits per heavy atom. The molecule has 4 saturated carbocycles. The van der Waals surface area contributed by atoms with Gasteiger partial charge in [0.05, 0.1) is 6.61 Å². The summed E-state index contributed by atoms with van der Waals surface area (Å²) in [6.45, 7) is 13.3. The summed E-state index contributed by atoms with van der Waals surface area (Å²) >= 11 is 0. The molecule has 4 rings (SSSR count). The van der Waals surface area contributed by atoms with Gasteiger partial charge in [0, 0.05) is 39.0 Å². The predicted octanol–water partition coefficient (Wildman–Crippen LogP) is 5.64. The van der Waals surface area contributed by atoms with Gasteiger partial charge in [-0.1, -0.05) is 20.8 Å². The minimum absolute atomic E-state index is 0.00851. The molecule has 0 radical (unpaired) electrons. The first kappa shape index (κ1) is 30.8. The summed E-state index contributed by atoms with van der Waals surface area (Å²) in [5, 5.41) is 0. The van der Waals surface area contributed by atoms with E-state index in [0.29, 0.717) is 18.4 Å². The number of rotatable bonds is 8. The van der Waals surface area contributed by atoms with E-state index in [-0.39, 0.29) is 76.7 Å². The zero-order chi connectivity index (χ0) is 29.4. The summed E-state index contributed by atoms with van der Waals surface area (Å²) in [5.74, 6) is 0.695. The van der Waals surface area contributed by atoms with Crippen molar-refractivity contribution in [2.24, 2.45) is 46.3 Å². The molecule has 0 spiro atoms. The zero-order valence-electron chi connectivity index (χ0n) is 25.5. The van der Waals surface area contributed by atoms with E-state index < -0.39 is 0 Å². The Morgan fingerprint density at radius 3 is 2.10 bits per heavy atom. The Kier molecular flexibility index (Phi) is 9.26. The number of hydrogen-bond donors (Lipinski definition) is 0. The van der Waals surface area contributed by atoms with E-state index in [0.717, 1.165) is 57.8 Å². The van der Waals surface area contributed by atoms with Crippen molar-refractivity contribution in [2.75, 3.05) is 6.61 Å². The van der Waals surface area contributed by atoms with Crippen LogP contribution in [-0.2, 0) is 38.1 Å². The van der Waals surface area contributed by atoms with Gasteiger partial charge in [-0.05, 0) is 92.8 Å². The smallest absolute Gasteiger partial charge is 0.302 e. The number of fused-ring (bicyclic) bond motifs is 5. The van der Waals surface area contributed by atoms with E-state index in [9.17, 15) is 19.2 Å². The molecule has 0 aromatic carbocycles. The lowest BCUT2D eigenvalue weighted by Gasteiger charge is -2.64. The quantitative estimate of drug-likeness (QED) is 0.213. The van der Waals surface area contributed by atoms with E-state index >= 15 is 0 Å². The molecule has 11 atom stereocenters. The number of carbonyl (C=O) groups is 4. The average Bonchev–Trinajstić information content (AvgIpc) is 3.20. The fourth-order valence-corrected chi connectivity index (χ4v) is 9.94. The van der Waals surface area contributed by atoms with Gasteiger partial charge >= 0.3 is 23.9 Å². The third-order valence-corrected chi connectivity index (χ3v) is 11.5. The SMILES string of the molecule is CC(=O)OCCC[C@@H](C)[C@H]1CC[C@H]2[C@@H]3[C@H](OC(C)=O)C[C@@H]4C[C@H](OC(C)=O)CC[C@]4(C)[C@H]3C[C@H](OC(C)=O)[C@]12C. The van der Waals surface area contributed by atoms with Gasteiger partial charge in [0.25, 0.3) is 0 Å². The highest BCUT2D eigenvalue weighted by Crippen LogP contribution is 2.69. The molecule has 226 valence electrons. The maximum atomic E-state index is 12.5. The highest BCUT2D eigenvalue weighted by Gasteiger charge is 2.67. The maximum absolute atomic E-state index is 12.5. The number of carbonyl (C=O) groups excluding carboxylic acids is 4. The first-order valence-corrected chi connectivity index (χ1v) is 15.4. The molecule has 8 nitrogen and oxygen atoms in total. The Hall–Kier alpha value is -2.12. The standard InChI is InChI=1S/C32H50O8/c1-18(9-8-14-37-19(2)33)25-10-11-26-30-27(17-29(32(25,26)7)40-22(5)36)31(6)13-12-24(38-20(3)34)15-23(31)16-28(30)39-21(4)35/h18,23-30H,8-17H2,1-7H3/t18-,23+,24-,25-,26+,27+,28-,29+,30+,31+,32-/m1/s1. The Balaban J connectivity index is 1.65. The summed E-state index contributed by atoms with van der Waals surface area (Å²) < 4.78 is 23.2. The molecule has 0 heterocycles. The molecule has 4 aliphatic rings. The second-order valence-corrected chi connectivity index (χ2v) is 13.7. The van der Waals surface area contributed by atoms with Crippen molar-refractivity contribution in [3.8, 4) is 0 Å². The van der Waals surface area contributed by atoms with Crippen molar-refractivity contribution in [1.29, 1.82) is 0 Å². The van der Waals surface area contributed by atoms with Crippen molar-refractivity contribution in [1.82, 2.24) is 0 Å². The van der Waals surface area contributed by atoms with Crippen LogP contribution in [0.15, 0.2) is 0 Å². The number of esters is 4. The van der Waals surface area contributed by atoms with Gasteiger partial charge < -0.3 is 18.9 Å². The third kappa shape index (κ3) is 5.92. The van der Waals surface area contributed by atoms with Crippen LogP contribution in [0, 0.1) is 46.3 Å². The summed E-state index contributed by atoms with van der Waals surface area (Å²) in [4.78, 5) is 47.8. The molecule has 0 aromatic heterocycles. The fraction of sp³-hybridized carbons (Fsp3) is 0.875. The average molecular weight is 563 g/mol. The molecule has 4 fully saturated rings. The molecule has 40 heavy (non-hydrogen) atoms. The lowest BCUT2D eigenvalue weighted by atomic mass is 9.43. The van der Waals surface area contributed by atoms with Crippen LogP contribution >= 0.6 is 0 Å². The van der Waals surface area contributed by atoms with Crippen LogP contribution in [-0.4, -0.2) is 48.8 Å². The minimum Gasteiger partial charge on any atom is -0.466 e. The molecular weight excluding hydrogens is 512 g/mol. The topological polar surface area (TPSA) is 105 Å². The van der Waals surface area contributed by atoms with E-state index in [2.05, 4.69) is 20.8 Å². The Labute approximate surface area is 239 Å². The molecule has 0 N–H and O–H groups in total. The zero-order valence-corrected chi connectivity index (χ0v) is 25.5.